The minimum Gasteiger partial charge on any atom is -0.493 e. The summed E-state index contributed by atoms with van der Waals surface area (Å²) in [6.45, 7) is 0. The van der Waals surface area contributed by atoms with Crippen molar-refractivity contribution in [3.8, 4) is 11.5 Å². The van der Waals surface area contributed by atoms with Gasteiger partial charge in [-0.3, -0.25) is 9.59 Å². The quantitative estimate of drug-likeness (QED) is 0.511. The van der Waals surface area contributed by atoms with Gasteiger partial charge in [-0.15, -0.1) is 0 Å². The molecule has 7 nitrogen and oxygen atoms in total. The minimum atomic E-state index is -0.224. The molecule has 26 heavy (non-hydrogen) atoms. The summed E-state index contributed by atoms with van der Waals surface area (Å²) in [5.41, 5.74) is 0.964. The average molecular weight is 371 g/mol. The molecule has 0 aliphatic rings. The molecule has 0 spiro atoms. The molecule has 0 fully saturated rings. The molecule has 0 bridgehead atoms. The molecule has 0 aliphatic heterocycles. The number of thioether (sulfide) groups is 1. The molecule has 1 heterocycles. The van der Waals surface area contributed by atoms with E-state index in [9.17, 15) is 9.59 Å². The molecular formula is C18H17N3O4S. The Morgan fingerprint density at radius 2 is 1.92 bits per heavy atom. The van der Waals surface area contributed by atoms with Crippen molar-refractivity contribution in [1.82, 2.24) is 9.97 Å². The summed E-state index contributed by atoms with van der Waals surface area (Å²) in [5, 5.41) is 3.69. The van der Waals surface area contributed by atoms with Crippen molar-refractivity contribution in [1.29, 1.82) is 0 Å². The maximum atomic E-state index is 12.2. The first-order valence-electron chi connectivity index (χ1n) is 7.74. The van der Waals surface area contributed by atoms with Gasteiger partial charge in [-0.2, -0.15) is 0 Å². The number of anilines is 1. The topological polar surface area (TPSA) is 93.3 Å². The van der Waals surface area contributed by atoms with E-state index < -0.39 is 0 Å². The van der Waals surface area contributed by atoms with Gasteiger partial charge in [0.15, 0.2) is 16.7 Å². The number of aromatic nitrogens is 2. The van der Waals surface area contributed by atoms with Crippen LogP contribution in [0.3, 0.4) is 0 Å². The van der Waals surface area contributed by atoms with Gasteiger partial charge >= 0.3 is 0 Å². The zero-order valence-corrected chi connectivity index (χ0v) is 15.1. The first-order chi connectivity index (χ1) is 12.6. The molecule has 2 N–H and O–H groups in total. The number of aromatic amines is 1. The lowest BCUT2D eigenvalue weighted by molar-refractivity contribution is -0.113. The van der Waals surface area contributed by atoms with Crippen LogP contribution in [0, 0.1) is 0 Å². The third-order valence-electron chi connectivity index (χ3n) is 3.60. The Kier molecular flexibility index (Phi) is 5.43. The molecule has 0 saturated heterocycles. The summed E-state index contributed by atoms with van der Waals surface area (Å²) in [4.78, 5) is 31.2. The van der Waals surface area contributed by atoms with Crippen LogP contribution in [0.25, 0.3) is 10.9 Å². The molecule has 2 aromatic carbocycles. The smallest absolute Gasteiger partial charge is 0.259 e. The molecule has 0 saturated carbocycles. The van der Waals surface area contributed by atoms with E-state index in [2.05, 4.69) is 15.3 Å². The van der Waals surface area contributed by atoms with Crippen molar-refractivity contribution in [3.05, 3.63) is 52.8 Å². The van der Waals surface area contributed by atoms with Crippen LogP contribution in [-0.2, 0) is 4.79 Å². The Bertz CT molecular complexity index is 1000. The second kappa shape index (κ2) is 7.92. The van der Waals surface area contributed by atoms with E-state index >= 15 is 0 Å². The number of fused-ring (bicyclic) bond motifs is 1. The Morgan fingerprint density at radius 1 is 1.15 bits per heavy atom. The van der Waals surface area contributed by atoms with Crippen molar-refractivity contribution in [2.75, 3.05) is 25.3 Å². The van der Waals surface area contributed by atoms with Crippen LogP contribution < -0.4 is 20.3 Å². The van der Waals surface area contributed by atoms with Crippen molar-refractivity contribution < 1.29 is 14.3 Å². The summed E-state index contributed by atoms with van der Waals surface area (Å²) in [6.07, 6.45) is 0. The van der Waals surface area contributed by atoms with E-state index in [-0.39, 0.29) is 17.2 Å². The number of H-pyrrole nitrogens is 1. The van der Waals surface area contributed by atoms with Crippen LogP contribution in [0.5, 0.6) is 11.5 Å². The number of hydrogen-bond donors (Lipinski definition) is 2. The fourth-order valence-corrected chi connectivity index (χ4v) is 3.05. The first-order valence-corrected chi connectivity index (χ1v) is 8.73. The van der Waals surface area contributed by atoms with Gasteiger partial charge in [-0.1, -0.05) is 23.9 Å². The summed E-state index contributed by atoms with van der Waals surface area (Å²) >= 11 is 1.16. The number of benzene rings is 2. The highest BCUT2D eigenvalue weighted by Crippen LogP contribution is 2.29. The maximum absolute atomic E-state index is 12.2. The van der Waals surface area contributed by atoms with Crippen LogP contribution in [0.1, 0.15) is 0 Å². The van der Waals surface area contributed by atoms with Gasteiger partial charge in [-0.05, 0) is 24.3 Å². The zero-order valence-electron chi connectivity index (χ0n) is 14.2. The van der Waals surface area contributed by atoms with E-state index in [0.29, 0.717) is 33.2 Å². The van der Waals surface area contributed by atoms with Gasteiger partial charge in [0, 0.05) is 11.8 Å². The van der Waals surface area contributed by atoms with E-state index in [4.69, 9.17) is 9.47 Å². The molecule has 0 unspecified atom stereocenters. The number of nitrogens with one attached hydrogen (secondary N) is 2. The maximum Gasteiger partial charge on any atom is 0.259 e. The number of nitrogens with zero attached hydrogens (tertiary/aromatic N) is 1. The van der Waals surface area contributed by atoms with Crippen molar-refractivity contribution >= 4 is 34.3 Å². The van der Waals surface area contributed by atoms with Crippen molar-refractivity contribution in [2.24, 2.45) is 0 Å². The third-order valence-corrected chi connectivity index (χ3v) is 4.47. The number of carbonyl (C=O) groups excluding carboxylic acids is 1. The molecule has 1 amide bonds. The van der Waals surface area contributed by atoms with Gasteiger partial charge in [0.1, 0.15) is 0 Å². The van der Waals surface area contributed by atoms with Gasteiger partial charge in [0.2, 0.25) is 5.91 Å². The molecule has 0 atom stereocenters. The second-order valence-electron chi connectivity index (χ2n) is 5.29. The number of methoxy groups -OCH3 is 2. The van der Waals surface area contributed by atoms with E-state index in [1.807, 2.05) is 6.07 Å². The highest BCUT2D eigenvalue weighted by molar-refractivity contribution is 7.99. The molecule has 1 aromatic heterocycles. The molecular weight excluding hydrogens is 354 g/mol. The summed E-state index contributed by atoms with van der Waals surface area (Å²) in [5.74, 6) is 0.990. The largest absolute Gasteiger partial charge is 0.493 e. The van der Waals surface area contributed by atoms with Crippen LogP contribution in [0.15, 0.2) is 52.4 Å². The SMILES string of the molecule is COc1ccc(NC(=O)CSc2nc3ccccc3c(=O)[nH]2)cc1OC. The molecule has 134 valence electrons. The molecule has 0 aliphatic carbocycles. The lowest BCUT2D eigenvalue weighted by Gasteiger charge is -2.10. The second-order valence-corrected chi connectivity index (χ2v) is 6.26. The lowest BCUT2D eigenvalue weighted by atomic mass is 10.2. The summed E-state index contributed by atoms with van der Waals surface area (Å²) in [6, 6.07) is 12.2. The summed E-state index contributed by atoms with van der Waals surface area (Å²) in [7, 11) is 3.07. The molecule has 3 rings (SSSR count). The number of amides is 1. The van der Waals surface area contributed by atoms with Crippen LogP contribution in [0.4, 0.5) is 5.69 Å². The van der Waals surface area contributed by atoms with Crippen LogP contribution in [-0.4, -0.2) is 35.8 Å². The Hall–Kier alpha value is -3.00. The number of hydrogen-bond acceptors (Lipinski definition) is 6. The molecule has 3 aromatic rings. The predicted molar refractivity (Wildman–Crippen MR) is 101 cm³/mol. The molecule has 0 radical (unpaired) electrons. The number of carbonyl (C=O) groups is 1. The first kappa shape index (κ1) is 17.8. The predicted octanol–water partition coefficient (Wildman–Crippen LogP) is 2.67. The molecule has 8 heteroatoms. The van der Waals surface area contributed by atoms with Crippen molar-refractivity contribution in [3.63, 3.8) is 0 Å². The average Bonchev–Trinajstić information content (AvgIpc) is 2.66. The van der Waals surface area contributed by atoms with Gasteiger partial charge in [0.05, 0.1) is 30.9 Å². The van der Waals surface area contributed by atoms with E-state index in [1.54, 1.807) is 43.5 Å². The Balaban J connectivity index is 1.67. The van der Waals surface area contributed by atoms with Gasteiger partial charge < -0.3 is 19.8 Å². The zero-order chi connectivity index (χ0) is 18.5. The highest BCUT2D eigenvalue weighted by atomic mass is 32.2. The number of rotatable bonds is 6. The standard InChI is InChI=1S/C18H17N3O4S/c1-24-14-8-7-11(9-15(14)25-2)19-16(22)10-26-18-20-13-6-4-3-5-12(13)17(23)21-18/h3-9H,10H2,1-2H3,(H,19,22)(H,20,21,23). The monoisotopic (exact) mass is 371 g/mol. The van der Waals surface area contributed by atoms with Crippen LogP contribution in [0.2, 0.25) is 0 Å². The number of ether oxygens (including phenoxy) is 2. The third kappa shape index (κ3) is 3.97. The van der Waals surface area contributed by atoms with Crippen LogP contribution >= 0.6 is 11.8 Å². The van der Waals surface area contributed by atoms with Gasteiger partial charge in [-0.25, -0.2) is 4.98 Å². The normalized spacial score (nSPS) is 10.5. The summed E-state index contributed by atoms with van der Waals surface area (Å²) < 4.78 is 10.4. The highest BCUT2D eigenvalue weighted by Gasteiger charge is 2.10. The Morgan fingerprint density at radius 3 is 2.69 bits per heavy atom. The minimum absolute atomic E-state index is 0.107. The van der Waals surface area contributed by atoms with Crippen molar-refractivity contribution in [2.45, 2.75) is 5.16 Å². The Labute approximate surface area is 153 Å². The fourth-order valence-electron chi connectivity index (χ4n) is 2.38. The fraction of sp³-hybridized carbons (Fsp3) is 0.167. The van der Waals surface area contributed by atoms with E-state index in [0.717, 1.165) is 11.8 Å². The lowest BCUT2D eigenvalue weighted by Crippen LogP contribution is -2.15. The van der Waals surface area contributed by atoms with E-state index in [1.165, 1.54) is 7.11 Å². The van der Waals surface area contributed by atoms with Gasteiger partial charge in [0.25, 0.3) is 5.56 Å². The number of para-hydroxylation sites is 1.